The molecule has 0 saturated heterocycles. The molecular formula is C22H29N5O7. The SMILES string of the molecule is CC(NC(=O)C(CCC(=O)O)NC(=O)C(C)NC(=O)C(N)Cc1c[nH]c2ccccc12)C(=O)O. The minimum atomic E-state index is -1.30. The summed E-state index contributed by atoms with van der Waals surface area (Å²) in [5.41, 5.74) is 7.76. The quantitative estimate of drug-likeness (QED) is 0.212. The number of carbonyl (C=O) groups excluding carboxylic acids is 3. The number of aromatic amines is 1. The maximum Gasteiger partial charge on any atom is 0.325 e. The van der Waals surface area contributed by atoms with Crippen molar-refractivity contribution < 1.29 is 34.2 Å². The summed E-state index contributed by atoms with van der Waals surface area (Å²) in [7, 11) is 0. The van der Waals surface area contributed by atoms with Gasteiger partial charge in [0.15, 0.2) is 0 Å². The van der Waals surface area contributed by atoms with Gasteiger partial charge in [-0.3, -0.25) is 24.0 Å². The topological polar surface area (TPSA) is 204 Å². The summed E-state index contributed by atoms with van der Waals surface area (Å²) in [6.45, 7) is 2.62. The molecule has 0 saturated carbocycles. The second kappa shape index (κ2) is 11.8. The third-order valence-electron chi connectivity index (χ3n) is 5.21. The Morgan fingerprint density at radius 3 is 2.24 bits per heavy atom. The van der Waals surface area contributed by atoms with Crippen LogP contribution in [0.2, 0.25) is 0 Å². The number of hydrogen-bond donors (Lipinski definition) is 7. The highest BCUT2D eigenvalue weighted by atomic mass is 16.4. The summed E-state index contributed by atoms with van der Waals surface area (Å²) in [6, 6.07) is 2.96. The number of nitrogens with two attached hydrogens (primary N) is 1. The lowest BCUT2D eigenvalue weighted by Gasteiger charge is -2.22. The zero-order valence-corrected chi connectivity index (χ0v) is 18.8. The molecule has 0 aliphatic carbocycles. The van der Waals surface area contributed by atoms with Gasteiger partial charge in [-0.2, -0.15) is 0 Å². The molecule has 34 heavy (non-hydrogen) atoms. The van der Waals surface area contributed by atoms with E-state index in [4.69, 9.17) is 15.9 Å². The van der Waals surface area contributed by atoms with E-state index in [1.54, 1.807) is 6.20 Å². The van der Waals surface area contributed by atoms with Gasteiger partial charge in [0.2, 0.25) is 17.7 Å². The molecule has 1 aromatic carbocycles. The normalized spacial score (nSPS) is 14.4. The lowest BCUT2D eigenvalue weighted by Crippen LogP contribution is -2.56. The molecule has 12 heteroatoms. The average Bonchev–Trinajstić information content (AvgIpc) is 3.18. The van der Waals surface area contributed by atoms with E-state index in [2.05, 4.69) is 20.9 Å². The van der Waals surface area contributed by atoms with Gasteiger partial charge in [-0.1, -0.05) is 18.2 Å². The summed E-state index contributed by atoms with van der Waals surface area (Å²) in [4.78, 5) is 62.4. The Kier molecular flexibility index (Phi) is 9.13. The smallest absolute Gasteiger partial charge is 0.325 e. The number of nitrogens with one attached hydrogen (secondary N) is 4. The zero-order chi connectivity index (χ0) is 25.4. The fraction of sp³-hybridized carbons (Fsp3) is 0.409. The van der Waals surface area contributed by atoms with Crippen molar-refractivity contribution in [1.29, 1.82) is 0 Å². The minimum absolute atomic E-state index is 0.223. The van der Waals surface area contributed by atoms with Crippen LogP contribution in [0.5, 0.6) is 0 Å². The van der Waals surface area contributed by atoms with Gasteiger partial charge >= 0.3 is 11.9 Å². The predicted octanol–water partition coefficient (Wildman–Crippen LogP) is -0.519. The number of H-pyrrole nitrogens is 1. The van der Waals surface area contributed by atoms with Gasteiger partial charge in [-0.25, -0.2) is 0 Å². The first-order chi connectivity index (χ1) is 16.0. The molecule has 12 nitrogen and oxygen atoms in total. The molecule has 0 radical (unpaired) electrons. The van der Waals surface area contributed by atoms with E-state index in [9.17, 15) is 24.0 Å². The standard InChI is InChI=1S/C22H29N5O7/c1-11(19(30)27-17(7-8-18(28)29)21(32)26-12(2)22(33)34)25-20(31)15(23)9-13-10-24-16-6-4-3-5-14(13)16/h3-6,10-12,15,17,24H,7-9,23H2,1-2H3,(H,25,31)(H,26,32)(H,27,30)(H,28,29)(H,33,34). The first kappa shape index (κ1) is 26.3. The van der Waals surface area contributed by atoms with Crippen molar-refractivity contribution in [3.8, 4) is 0 Å². The van der Waals surface area contributed by atoms with Crippen LogP contribution in [-0.4, -0.2) is 69.0 Å². The summed E-state index contributed by atoms with van der Waals surface area (Å²) < 4.78 is 0. The highest BCUT2D eigenvalue weighted by molar-refractivity contribution is 5.94. The van der Waals surface area contributed by atoms with Crippen molar-refractivity contribution in [2.75, 3.05) is 0 Å². The largest absolute Gasteiger partial charge is 0.481 e. The Hall–Kier alpha value is -3.93. The Labute approximate surface area is 195 Å². The molecule has 4 unspecified atom stereocenters. The van der Waals surface area contributed by atoms with Crippen LogP contribution in [-0.2, 0) is 30.4 Å². The van der Waals surface area contributed by atoms with E-state index < -0.39 is 60.2 Å². The Morgan fingerprint density at radius 1 is 0.941 bits per heavy atom. The van der Waals surface area contributed by atoms with E-state index >= 15 is 0 Å². The lowest BCUT2D eigenvalue weighted by molar-refractivity contribution is -0.142. The first-order valence-electron chi connectivity index (χ1n) is 10.7. The molecule has 184 valence electrons. The number of aromatic nitrogens is 1. The third kappa shape index (κ3) is 7.30. The molecule has 0 spiro atoms. The van der Waals surface area contributed by atoms with Gasteiger partial charge in [0.25, 0.3) is 0 Å². The zero-order valence-electron chi connectivity index (χ0n) is 18.8. The van der Waals surface area contributed by atoms with Gasteiger partial charge in [-0.15, -0.1) is 0 Å². The number of carbonyl (C=O) groups is 5. The van der Waals surface area contributed by atoms with Crippen molar-refractivity contribution in [3.05, 3.63) is 36.0 Å². The summed E-state index contributed by atoms with van der Waals surface area (Å²) in [5.74, 6) is -4.66. The number of amides is 3. The molecule has 0 aliphatic rings. The highest BCUT2D eigenvalue weighted by Gasteiger charge is 2.28. The Balaban J connectivity index is 1.97. The fourth-order valence-corrected chi connectivity index (χ4v) is 3.23. The summed E-state index contributed by atoms with van der Waals surface area (Å²) in [5, 5.41) is 25.8. The molecule has 1 aromatic heterocycles. The summed E-state index contributed by atoms with van der Waals surface area (Å²) >= 11 is 0. The molecule has 0 fully saturated rings. The van der Waals surface area contributed by atoms with E-state index in [1.807, 2.05) is 24.3 Å². The van der Waals surface area contributed by atoms with Crippen molar-refractivity contribution in [3.63, 3.8) is 0 Å². The van der Waals surface area contributed by atoms with Crippen LogP contribution in [0.3, 0.4) is 0 Å². The molecule has 4 atom stereocenters. The second-order valence-corrected chi connectivity index (χ2v) is 7.96. The number of aliphatic carboxylic acids is 2. The maximum atomic E-state index is 12.6. The summed E-state index contributed by atoms with van der Waals surface area (Å²) in [6.07, 6.45) is 1.29. The molecule has 0 bridgehead atoms. The van der Waals surface area contributed by atoms with Crippen LogP contribution in [0, 0.1) is 0 Å². The maximum absolute atomic E-state index is 12.6. The van der Waals surface area contributed by atoms with Crippen LogP contribution >= 0.6 is 0 Å². The Bertz CT molecular complexity index is 1070. The number of benzene rings is 1. The molecule has 3 amide bonds. The first-order valence-corrected chi connectivity index (χ1v) is 10.7. The molecule has 2 aromatic rings. The molecule has 2 rings (SSSR count). The minimum Gasteiger partial charge on any atom is -0.481 e. The average molecular weight is 476 g/mol. The van der Waals surface area contributed by atoms with Crippen LogP contribution in [0.4, 0.5) is 0 Å². The van der Waals surface area contributed by atoms with Crippen molar-refractivity contribution in [2.24, 2.45) is 5.73 Å². The number of fused-ring (bicyclic) bond motifs is 1. The van der Waals surface area contributed by atoms with Crippen LogP contribution < -0.4 is 21.7 Å². The fourth-order valence-electron chi connectivity index (χ4n) is 3.23. The number of carboxylic acid groups (broad SMARTS) is 2. The van der Waals surface area contributed by atoms with Gasteiger partial charge < -0.3 is 36.9 Å². The molecular weight excluding hydrogens is 446 g/mol. The Morgan fingerprint density at radius 2 is 1.59 bits per heavy atom. The van der Waals surface area contributed by atoms with Gasteiger partial charge in [0.1, 0.15) is 18.1 Å². The number of hydrogen-bond acceptors (Lipinski definition) is 6. The lowest BCUT2D eigenvalue weighted by atomic mass is 10.0. The van der Waals surface area contributed by atoms with Crippen molar-refractivity contribution >= 4 is 40.6 Å². The van der Waals surface area contributed by atoms with Gasteiger partial charge in [-0.05, 0) is 38.3 Å². The molecule has 8 N–H and O–H groups in total. The molecule has 1 heterocycles. The number of para-hydroxylation sites is 1. The second-order valence-electron chi connectivity index (χ2n) is 7.96. The monoisotopic (exact) mass is 475 g/mol. The highest BCUT2D eigenvalue weighted by Crippen LogP contribution is 2.18. The third-order valence-corrected chi connectivity index (χ3v) is 5.21. The van der Waals surface area contributed by atoms with E-state index in [-0.39, 0.29) is 12.8 Å². The van der Waals surface area contributed by atoms with Gasteiger partial charge in [0.05, 0.1) is 6.04 Å². The van der Waals surface area contributed by atoms with Crippen LogP contribution in [0.1, 0.15) is 32.3 Å². The van der Waals surface area contributed by atoms with Crippen molar-refractivity contribution in [2.45, 2.75) is 57.3 Å². The van der Waals surface area contributed by atoms with Crippen molar-refractivity contribution in [1.82, 2.24) is 20.9 Å². The van der Waals surface area contributed by atoms with E-state index in [1.165, 1.54) is 13.8 Å². The van der Waals surface area contributed by atoms with E-state index in [0.717, 1.165) is 16.5 Å². The number of carboxylic acids is 2. The van der Waals surface area contributed by atoms with Crippen LogP contribution in [0.15, 0.2) is 30.5 Å². The predicted molar refractivity (Wildman–Crippen MR) is 122 cm³/mol. The van der Waals surface area contributed by atoms with Crippen LogP contribution in [0.25, 0.3) is 10.9 Å². The van der Waals surface area contributed by atoms with Gasteiger partial charge in [0, 0.05) is 23.5 Å². The molecule has 0 aliphatic heterocycles. The van der Waals surface area contributed by atoms with E-state index in [0.29, 0.717) is 0 Å². The number of rotatable bonds is 12.